The molecular formula is C19H27N4O3+. The van der Waals surface area contributed by atoms with E-state index in [0.29, 0.717) is 23.9 Å². The lowest BCUT2D eigenvalue weighted by atomic mass is 9.97. The second-order valence-corrected chi connectivity index (χ2v) is 6.81. The number of aromatic nitrogens is 2. The van der Waals surface area contributed by atoms with Crippen LogP contribution in [0, 0.1) is 0 Å². The molecule has 1 aliphatic rings. The summed E-state index contributed by atoms with van der Waals surface area (Å²) in [4.78, 5) is 18.1. The average Bonchev–Trinajstić information content (AvgIpc) is 2.63. The van der Waals surface area contributed by atoms with Crippen LogP contribution in [0.25, 0.3) is 11.3 Å². The Labute approximate surface area is 153 Å². The Morgan fingerprint density at radius 1 is 1.19 bits per heavy atom. The summed E-state index contributed by atoms with van der Waals surface area (Å²) >= 11 is 0. The minimum atomic E-state index is -0.219. The third-order valence-corrected chi connectivity index (χ3v) is 4.66. The number of hydrogen-bond acceptors (Lipinski definition) is 5. The van der Waals surface area contributed by atoms with Gasteiger partial charge in [0, 0.05) is 31.1 Å². The van der Waals surface area contributed by atoms with Crippen molar-refractivity contribution in [2.75, 3.05) is 46.7 Å². The van der Waals surface area contributed by atoms with Gasteiger partial charge < -0.3 is 19.7 Å². The number of benzene rings is 1. The van der Waals surface area contributed by atoms with Gasteiger partial charge in [0.25, 0.3) is 0 Å². The summed E-state index contributed by atoms with van der Waals surface area (Å²) in [6, 6.07) is 5.89. The standard InChI is InChI=1S/C19H26N4O3/c1-22(2)8-5-7-20-18-12-15-14-11-17(26-4)16(25-3)10-13(14)6-9-23(15)19(24)21-18/h10-12H,5-9H2,1-4H3,(H,20,21,24)/p+1. The van der Waals surface area contributed by atoms with Crippen molar-refractivity contribution in [2.45, 2.75) is 19.4 Å². The van der Waals surface area contributed by atoms with E-state index in [4.69, 9.17) is 9.47 Å². The fraction of sp³-hybridized carbons (Fsp3) is 0.474. The summed E-state index contributed by atoms with van der Waals surface area (Å²) in [5.74, 6) is 1.99. The first kappa shape index (κ1) is 18.3. The average molecular weight is 359 g/mol. The molecule has 2 aromatic rings. The lowest BCUT2D eigenvalue weighted by molar-refractivity contribution is -0.858. The number of hydrogen-bond donors (Lipinski definition) is 2. The van der Waals surface area contributed by atoms with Crippen molar-refractivity contribution in [1.29, 1.82) is 0 Å². The van der Waals surface area contributed by atoms with E-state index in [-0.39, 0.29) is 5.69 Å². The van der Waals surface area contributed by atoms with Crippen molar-refractivity contribution in [1.82, 2.24) is 9.55 Å². The van der Waals surface area contributed by atoms with Gasteiger partial charge in [-0.2, -0.15) is 4.98 Å². The molecule has 3 rings (SSSR count). The highest BCUT2D eigenvalue weighted by Crippen LogP contribution is 2.38. The Balaban J connectivity index is 1.94. The van der Waals surface area contributed by atoms with Crippen molar-refractivity contribution < 1.29 is 14.4 Å². The summed E-state index contributed by atoms with van der Waals surface area (Å²) in [7, 11) is 7.50. The van der Waals surface area contributed by atoms with Crippen molar-refractivity contribution >= 4 is 5.82 Å². The van der Waals surface area contributed by atoms with Crippen LogP contribution in [0.4, 0.5) is 5.82 Å². The molecule has 0 spiro atoms. The Morgan fingerprint density at radius 2 is 1.92 bits per heavy atom. The zero-order chi connectivity index (χ0) is 18.7. The van der Waals surface area contributed by atoms with Gasteiger partial charge in [-0.15, -0.1) is 0 Å². The minimum Gasteiger partial charge on any atom is -0.493 e. The van der Waals surface area contributed by atoms with Crippen LogP contribution in [0.5, 0.6) is 11.5 Å². The number of quaternary nitrogens is 1. The van der Waals surface area contributed by atoms with Crippen LogP contribution in [0.2, 0.25) is 0 Å². The Kier molecular flexibility index (Phi) is 5.46. The molecule has 0 fully saturated rings. The van der Waals surface area contributed by atoms with Gasteiger partial charge in [0.2, 0.25) is 0 Å². The van der Waals surface area contributed by atoms with E-state index in [1.165, 1.54) is 4.90 Å². The molecule has 0 saturated heterocycles. The molecule has 0 amide bonds. The van der Waals surface area contributed by atoms with Gasteiger partial charge in [-0.1, -0.05) is 0 Å². The lowest BCUT2D eigenvalue weighted by Crippen LogP contribution is -3.05. The first-order valence-electron chi connectivity index (χ1n) is 8.93. The number of anilines is 1. The topological polar surface area (TPSA) is 69.8 Å². The molecule has 0 unspecified atom stereocenters. The summed E-state index contributed by atoms with van der Waals surface area (Å²) in [5.41, 5.74) is 2.79. The maximum Gasteiger partial charge on any atom is 0.349 e. The van der Waals surface area contributed by atoms with E-state index in [1.54, 1.807) is 18.8 Å². The molecule has 140 valence electrons. The molecule has 1 aliphatic heterocycles. The fourth-order valence-corrected chi connectivity index (χ4v) is 3.29. The molecule has 7 heteroatoms. The maximum atomic E-state index is 12.5. The molecule has 2 N–H and O–H groups in total. The van der Waals surface area contributed by atoms with Gasteiger partial charge in [0.15, 0.2) is 11.5 Å². The van der Waals surface area contributed by atoms with Crippen LogP contribution in [0.3, 0.4) is 0 Å². The van der Waals surface area contributed by atoms with Gasteiger partial charge >= 0.3 is 5.69 Å². The van der Waals surface area contributed by atoms with Gasteiger partial charge in [-0.05, 0) is 24.1 Å². The van der Waals surface area contributed by atoms with E-state index in [1.807, 2.05) is 18.2 Å². The number of methoxy groups -OCH3 is 2. The summed E-state index contributed by atoms with van der Waals surface area (Å²) < 4.78 is 12.6. The number of aryl methyl sites for hydroxylation is 1. The SMILES string of the molecule is COc1cc2c(cc1OC)-c1cc(NCCC[NH+](C)C)nc(=O)n1CC2. The predicted octanol–water partition coefficient (Wildman–Crippen LogP) is 0.430. The molecule has 7 nitrogen and oxygen atoms in total. The summed E-state index contributed by atoms with van der Waals surface area (Å²) in [5, 5.41) is 3.28. The van der Waals surface area contributed by atoms with Crippen molar-refractivity contribution in [3.8, 4) is 22.8 Å². The van der Waals surface area contributed by atoms with Crippen molar-refractivity contribution in [3.63, 3.8) is 0 Å². The molecule has 0 bridgehead atoms. The molecule has 2 heterocycles. The lowest BCUT2D eigenvalue weighted by Gasteiger charge is -2.23. The van der Waals surface area contributed by atoms with E-state index >= 15 is 0 Å². The smallest absolute Gasteiger partial charge is 0.349 e. The molecule has 1 aromatic heterocycles. The van der Waals surface area contributed by atoms with E-state index in [2.05, 4.69) is 24.4 Å². The monoisotopic (exact) mass is 359 g/mol. The highest BCUT2D eigenvalue weighted by Gasteiger charge is 2.21. The fourth-order valence-electron chi connectivity index (χ4n) is 3.29. The third kappa shape index (κ3) is 3.67. The largest absolute Gasteiger partial charge is 0.493 e. The minimum absolute atomic E-state index is 0.219. The number of nitrogens with zero attached hydrogens (tertiary/aromatic N) is 2. The first-order valence-corrected chi connectivity index (χ1v) is 8.93. The second-order valence-electron chi connectivity index (χ2n) is 6.81. The van der Waals surface area contributed by atoms with Crippen LogP contribution in [0.1, 0.15) is 12.0 Å². The molecule has 1 aromatic carbocycles. The summed E-state index contributed by atoms with van der Waals surface area (Å²) in [6.07, 6.45) is 1.78. The number of ether oxygens (including phenoxy) is 2. The van der Waals surface area contributed by atoms with Gasteiger partial charge in [-0.3, -0.25) is 4.57 Å². The first-order chi connectivity index (χ1) is 12.5. The van der Waals surface area contributed by atoms with Gasteiger partial charge in [0.05, 0.1) is 40.6 Å². The third-order valence-electron chi connectivity index (χ3n) is 4.66. The number of rotatable bonds is 7. The van der Waals surface area contributed by atoms with Crippen molar-refractivity contribution in [2.24, 2.45) is 0 Å². The van der Waals surface area contributed by atoms with Crippen LogP contribution >= 0.6 is 0 Å². The Morgan fingerprint density at radius 3 is 2.62 bits per heavy atom. The normalized spacial score (nSPS) is 12.5. The van der Waals surface area contributed by atoms with Crippen LogP contribution < -0.4 is 25.4 Å². The molecular weight excluding hydrogens is 332 g/mol. The maximum absolute atomic E-state index is 12.5. The van der Waals surface area contributed by atoms with Crippen LogP contribution in [0.15, 0.2) is 23.0 Å². The van der Waals surface area contributed by atoms with E-state index < -0.39 is 0 Å². The number of fused-ring (bicyclic) bond motifs is 3. The number of nitrogens with one attached hydrogen (secondary N) is 2. The molecule has 0 radical (unpaired) electrons. The Bertz CT molecular complexity index is 845. The molecule has 26 heavy (non-hydrogen) atoms. The highest BCUT2D eigenvalue weighted by atomic mass is 16.5. The van der Waals surface area contributed by atoms with Crippen LogP contribution in [-0.2, 0) is 13.0 Å². The van der Waals surface area contributed by atoms with Gasteiger partial charge in [0.1, 0.15) is 5.82 Å². The molecule has 0 atom stereocenters. The zero-order valence-electron chi connectivity index (χ0n) is 15.9. The quantitative estimate of drug-likeness (QED) is 0.702. The van der Waals surface area contributed by atoms with Crippen molar-refractivity contribution in [3.05, 3.63) is 34.2 Å². The van der Waals surface area contributed by atoms with Crippen LogP contribution in [-0.4, -0.2) is 51.0 Å². The van der Waals surface area contributed by atoms with E-state index in [0.717, 1.165) is 42.8 Å². The Hall–Kier alpha value is -2.54. The zero-order valence-corrected chi connectivity index (χ0v) is 15.9. The molecule has 0 aliphatic carbocycles. The second kappa shape index (κ2) is 7.78. The molecule has 0 saturated carbocycles. The summed E-state index contributed by atoms with van der Waals surface area (Å²) in [6.45, 7) is 2.48. The van der Waals surface area contributed by atoms with E-state index in [9.17, 15) is 4.79 Å². The predicted molar refractivity (Wildman–Crippen MR) is 102 cm³/mol. The van der Waals surface area contributed by atoms with Gasteiger partial charge in [-0.25, -0.2) is 4.79 Å². The highest BCUT2D eigenvalue weighted by molar-refractivity contribution is 5.71.